The van der Waals surface area contributed by atoms with Crippen LogP contribution in [0.3, 0.4) is 0 Å². The largest absolute Gasteiger partial charge is 0.493 e. The summed E-state index contributed by atoms with van der Waals surface area (Å²) in [6.45, 7) is 2.41. The van der Waals surface area contributed by atoms with E-state index in [0.29, 0.717) is 23.6 Å². The lowest BCUT2D eigenvalue weighted by Crippen LogP contribution is -2.33. The molecule has 0 atom stereocenters. The number of benzene rings is 1. The molecule has 0 aliphatic heterocycles. The monoisotopic (exact) mass is 248 g/mol. The molecule has 4 nitrogen and oxygen atoms in total. The van der Waals surface area contributed by atoms with Crippen molar-refractivity contribution in [3.63, 3.8) is 0 Å². The zero-order chi connectivity index (χ0) is 13.0. The van der Waals surface area contributed by atoms with E-state index in [-0.39, 0.29) is 11.9 Å². The molecule has 0 spiro atoms. The summed E-state index contributed by atoms with van der Waals surface area (Å²) in [5, 5.41) is 3.04. The van der Waals surface area contributed by atoms with Crippen molar-refractivity contribution in [2.24, 2.45) is 0 Å². The molecule has 0 bridgehead atoms. The van der Waals surface area contributed by atoms with Crippen LogP contribution in [0.4, 0.5) is 5.69 Å². The SMILES string of the molecule is CCOc1cccc(N)c1C(=O)NC1CCCC1. The Morgan fingerprint density at radius 3 is 2.83 bits per heavy atom. The van der Waals surface area contributed by atoms with Gasteiger partial charge in [-0.05, 0) is 31.9 Å². The first-order valence-electron chi connectivity index (χ1n) is 6.54. The van der Waals surface area contributed by atoms with Gasteiger partial charge in [-0.15, -0.1) is 0 Å². The molecule has 2 rings (SSSR count). The first kappa shape index (κ1) is 12.7. The summed E-state index contributed by atoms with van der Waals surface area (Å²) in [6, 6.07) is 5.59. The molecule has 4 heteroatoms. The second-order valence-electron chi connectivity index (χ2n) is 4.61. The molecule has 0 unspecified atom stereocenters. The van der Waals surface area contributed by atoms with Crippen LogP contribution in [0.15, 0.2) is 18.2 Å². The number of carbonyl (C=O) groups excluding carboxylic acids is 1. The van der Waals surface area contributed by atoms with Gasteiger partial charge in [-0.25, -0.2) is 0 Å². The van der Waals surface area contributed by atoms with Gasteiger partial charge in [0, 0.05) is 11.7 Å². The van der Waals surface area contributed by atoms with E-state index in [2.05, 4.69) is 5.32 Å². The van der Waals surface area contributed by atoms with Gasteiger partial charge in [0.05, 0.1) is 6.61 Å². The minimum absolute atomic E-state index is 0.122. The number of hydrogen-bond acceptors (Lipinski definition) is 3. The number of carbonyl (C=O) groups is 1. The molecule has 1 amide bonds. The van der Waals surface area contributed by atoms with Gasteiger partial charge in [0.2, 0.25) is 0 Å². The van der Waals surface area contributed by atoms with Crippen molar-refractivity contribution >= 4 is 11.6 Å². The van der Waals surface area contributed by atoms with Crippen molar-refractivity contribution in [2.45, 2.75) is 38.6 Å². The topological polar surface area (TPSA) is 64.3 Å². The van der Waals surface area contributed by atoms with Crippen molar-refractivity contribution < 1.29 is 9.53 Å². The number of nitrogens with one attached hydrogen (secondary N) is 1. The summed E-state index contributed by atoms with van der Waals surface area (Å²) >= 11 is 0. The molecule has 3 N–H and O–H groups in total. The second-order valence-corrected chi connectivity index (χ2v) is 4.61. The predicted molar refractivity (Wildman–Crippen MR) is 71.7 cm³/mol. The Morgan fingerprint density at radius 1 is 1.44 bits per heavy atom. The van der Waals surface area contributed by atoms with Crippen LogP contribution in [0.1, 0.15) is 43.0 Å². The number of anilines is 1. The molecule has 1 fully saturated rings. The van der Waals surface area contributed by atoms with E-state index in [9.17, 15) is 4.79 Å². The first-order chi connectivity index (χ1) is 8.72. The van der Waals surface area contributed by atoms with E-state index >= 15 is 0 Å². The van der Waals surface area contributed by atoms with Crippen LogP contribution in [0.2, 0.25) is 0 Å². The number of amides is 1. The molecule has 1 aromatic carbocycles. The highest BCUT2D eigenvalue weighted by Gasteiger charge is 2.21. The van der Waals surface area contributed by atoms with Gasteiger partial charge in [0.1, 0.15) is 11.3 Å². The minimum Gasteiger partial charge on any atom is -0.493 e. The number of ether oxygens (including phenoxy) is 1. The Bertz CT molecular complexity index is 426. The van der Waals surface area contributed by atoms with E-state index in [1.165, 1.54) is 12.8 Å². The van der Waals surface area contributed by atoms with Crippen molar-refractivity contribution in [1.29, 1.82) is 0 Å². The molecule has 1 aliphatic rings. The number of hydrogen-bond donors (Lipinski definition) is 2. The van der Waals surface area contributed by atoms with Crippen LogP contribution in [0.25, 0.3) is 0 Å². The van der Waals surface area contributed by atoms with Gasteiger partial charge in [0.25, 0.3) is 5.91 Å². The molecule has 0 saturated heterocycles. The second kappa shape index (κ2) is 5.76. The van der Waals surface area contributed by atoms with E-state index in [0.717, 1.165) is 12.8 Å². The molecule has 0 radical (unpaired) electrons. The van der Waals surface area contributed by atoms with Crippen molar-refractivity contribution in [1.82, 2.24) is 5.32 Å². The summed E-state index contributed by atoms with van der Waals surface area (Å²) in [5.74, 6) is 0.441. The van der Waals surface area contributed by atoms with Crippen LogP contribution < -0.4 is 15.8 Å². The van der Waals surface area contributed by atoms with Crippen molar-refractivity contribution in [3.05, 3.63) is 23.8 Å². The van der Waals surface area contributed by atoms with Crippen LogP contribution in [-0.4, -0.2) is 18.6 Å². The highest BCUT2D eigenvalue weighted by atomic mass is 16.5. The van der Waals surface area contributed by atoms with Crippen molar-refractivity contribution in [2.75, 3.05) is 12.3 Å². The smallest absolute Gasteiger partial charge is 0.257 e. The van der Waals surface area contributed by atoms with Crippen LogP contribution >= 0.6 is 0 Å². The average molecular weight is 248 g/mol. The molecule has 0 heterocycles. The Balaban J connectivity index is 2.17. The fourth-order valence-corrected chi connectivity index (χ4v) is 2.39. The van der Waals surface area contributed by atoms with Gasteiger partial charge < -0.3 is 15.8 Å². The first-order valence-corrected chi connectivity index (χ1v) is 6.54. The van der Waals surface area contributed by atoms with Crippen LogP contribution in [-0.2, 0) is 0 Å². The maximum atomic E-state index is 12.2. The maximum absolute atomic E-state index is 12.2. The van der Waals surface area contributed by atoms with E-state index < -0.39 is 0 Å². The molecule has 18 heavy (non-hydrogen) atoms. The summed E-state index contributed by atoms with van der Waals surface area (Å²) in [7, 11) is 0. The zero-order valence-electron chi connectivity index (χ0n) is 10.7. The van der Waals surface area contributed by atoms with Gasteiger partial charge in [-0.2, -0.15) is 0 Å². The van der Waals surface area contributed by atoms with Gasteiger partial charge in [-0.1, -0.05) is 18.9 Å². The molecule has 0 aromatic heterocycles. The van der Waals surface area contributed by atoms with E-state index in [1.54, 1.807) is 18.2 Å². The lowest BCUT2D eigenvalue weighted by molar-refractivity contribution is 0.0935. The van der Waals surface area contributed by atoms with Gasteiger partial charge in [-0.3, -0.25) is 4.79 Å². The molecule has 1 aliphatic carbocycles. The summed E-state index contributed by atoms with van der Waals surface area (Å²) in [4.78, 5) is 12.2. The Labute approximate surface area is 108 Å². The zero-order valence-corrected chi connectivity index (χ0v) is 10.7. The molecule has 1 aromatic rings. The molecular weight excluding hydrogens is 228 g/mol. The van der Waals surface area contributed by atoms with Gasteiger partial charge in [0.15, 0.2) is 0 Å². The third-order valence-electron chi connectivity index (χ3n) is 3.28. The summed E-state index contributed by atoms with van der Waals surface area (Å²) in [6.07, 6.45) is 4.49. The third kappa shape index (κ3) is 2.75. The quantitative estimate of drug-likeness (QED) is 0.804. The minimum atomic E-state index is -0.122. The molecule has 1 saturated carbocycles. The van der Waals surface area contributed by atoms with E-state index in [4.69, 9.17) is 10.5 Å². The van der Waals surface area contributed by atoms with E-state index in [1.807, 2.05) is 6.92 Å². The van der Waals surface area contributed by atoms with Crippen LogP contribution in [0, 0.1) is 0 Å². The number of nitrogens with two attached hydrogens (primary N) is 1. The van der Waals surface area contributed by atoms with Crippen LogP contribution in [0.5, 0.6) is 5.75 Å². The highest BCUT2D eigenvalue weighted by Crippen LogP contribution is 2.25. The lowest BCUT2D eigenvalue weighted by Gasteiger charge is -2.16. The van der Waals surface area contributed by atoms with Gasteiger partial charge >= 0.3 is 0 Å². The number of rotatable bonds is 4. The third-order valence-corrected chi connectivity index (χ3v) is 3.28. The molecule has 98 valence electrons. The van der Waals surface area contributed by atoms with Crippen molar-refractivity contribution in [3.8, 4) is 5.75 Å². The maximum Gasteiger partial charge on any atom is 0.257 e. The fraction of sp³-hybridized carbons (Fsp3) is 0.500. The average Bonchev–Trinajstić information content (AvgIpc) is 2.82. The Kier molecular flexibility index (Phi) is 4.07. The Hall–Kier alpha value is -1.71. The fourth-order valence-electron chi connectivity index (χ4n) is 2.39. The predicted octanol–water partition coefficient (Wildman–Crippen LogP) is 2.34. The normalized spacial score (nSPS) is 15.6. The molecular formula is C14H20N2O2. The highest BCUT2D eigenvalue weighted by molar-refractivity contribution is 6.02. The number of nitrogen functional groups attached to an aromatic ring is 1. The summed E-state index contributed by atoms with van der Waals surface area (Å²) < 4.78 is 5.46. The lowest BCUT2D eigenvalue weighted by atomic mass is 10.1. The summed E-state index contributed by atoms with van der Waals surface area (Å²) in [5.41, 5.74) is 6.82. The standard InChI is InChI=1S/C14H20N2O2/c1-2-18-12-9-5-8-11(15)13(12)14(17)16-10-6-3-4-7-10/h5,8-10H,2-4,6-7,15H2,1H3,(H,16,17). The Morgan fingerprint density at radius 2 is 2.17 bits per heavy atom.